The van der Waals surface area contributed by atoms with Crippen molar-refractivity contribution in [1.82, 2.24) is 0 Å². The fourth-order valence-corrected chi connectivity index (χ4v) is 3.24. The van der Waals surface area contributed by atoms with Gasteiger partial charge in [-0.3, -0.25) is 5.01 Å². The first kappa shape index (κ1) is 16.1. The highest BCUT2D eigenvalue weighted by molar-refractivity contribution is 6.03. The molecule has 1 heterocycles. The number of nitrogens with zero attached hydrogens (tertiary/aromatic N) is 2. The molecule has 0 amide bonds. The Hall–Kier alpha value is -3.40. The minimum atomic E-state index is -0.913. The molecule has 0 bridgehead atoms. The predicted octanol–water partition coefficient (Wildman–Crippen LogP) is 4.74. The molecule has 128 valence electrons. The summed E-state index contributed by atoms with van der Waals surface area (Å²) in [5.74, 6) is -0.913. The fourth-order valence-electron chi connectivity index (χ4n) is 3.24. The maximum Gasteiger partial charge on any atom is 0.335 e. The van der Waals surface area contributed by atoms with Gasteiger partial charge in [0.1, 0.15) is 0 Å². The van der Waals surface area contributed by atoms with E-state index in [9.17, 15) is 4.79 Å². The lowest BCUT2D eigenvalue weighted by molar-refractivity contribution is 0.0697. The van der Waals surface area contributed by atoms with Crippen LogP contribution in [0.5, 0.6) is 0 Å². The van der Waals surface area contributed by atoms with Crippen molar-refractivity contribution < 1.29 is 9.90 Å². The standard InChI is InChI=1S/C22H18N2O2/c25-22(26)18-13-11-17(12-14-18)21-15-20(16-7-3-1-4-8-16)23-24(21)19-9-5-2-6-10-19/h1-14,21H,15H2,(H,25,26). The van der Waals surface area contributed by atoms with E-state index in [1.165, 1.54) is 0 Å². The second-order valence-corrected chi connectivity index (χ2v) is 6.24. The van der Waals surface area contributed by atoms with Crippen molar-refractivity contribution >= 4 is 17.4 Å². The Labute approximate surface area is 152 Å². The smallest absolute Gasteiger partial charge is 0.335 e. The van der Waals surface area contributed by atoms with Crippen molar-refractivity contribution in [1.29, 1.82) is 0 Å². The SMILES string of the molecule is O=C(O)c1ccc(C2CC(c3ccccc3)=NN2c2ccccc2)cc1. The van der Waals surface area contributed by atoms with E-state index in [-0.39, 0.29) is 6.04 Å². The molecule has 0 radical (unpaired) electrons. The molecule has 0 aromatic heterocycles. The van der Waals surface area contributed by atoms with Crippen molar-refractivity contribution in [2.24, 2.45) is 5.10 Å². The van der Waals surface area contributed by atoms with Crippen LogP contribution >= 0.6 is 0 Å². The highest BCUT2D eigenvalue weighted by Gasteiger charge is 2.29. The third-order valence-electron chi connectivity index (χ3n) is 4.58. The summed E-state index contributed by atoms with van der Waals surface area (Å²) >= 11 is 0. The van der Waals surface area contributed by atoms with Gasteiger partial charge in [0.2, 0.25) is 0 Å². The van der Waals surface area contributed by atoms with Crippen LogP contribution in [0.25, 0.3) is 0 Å². The van der Waals surface area contributed by atoms with Crippen molar-refractivity contribution in [2.45, 2.75) is 12.5 Å². The summed E-state index contributed by atoms with van der Waals surface area (Å²) in [6, 6.07) is 27.3. The molecule has 4 heteroatoms. The predicted molar refractivity (Wildman–Crippen MR) is 103 cm³/mol. The molecular formula is C22H18N2O2. The Morgan fingerprint density at radius 1 is 0.885 bits per heavy atom. The summed E-state index contributed by atoms with van der Waals surface area (Å²) in [5, 5.41) is 16.0. The van der Waals surface area contributed by atoms with Crippen LogP contribution in [-0.2, 0) is 0 Å². The third kappa shape index (κ3) is 3.09. The van der Waals surface area contributed by atoms with Crippen molar-refractivity contribution in [2.75, 3.05) is 5.01 Å². The van der Waals surface area contributed by atoms with Gasteiger partial charge < -0.3 is 5.11 Å². The van der Waals surface area contributed by atoms with Crippen LogP contribution in [0.15, 0.2) is 90.0 Å². The molecule has 1 unspecified atom stereocenters. The number of carboxylic acid groups (broad SMARTS) is 1. The number of rotatable bonds is 4. The largest absolute Gasteiger partial charge is 0.478 e. The summed E-state index contributed by atoms with van der Waals surface area (Å²) in [6.45, 7) is 0. The lowest BCUT2D eigenvalue weighted by Crippen LogP contribution is -2.18. The molecule has 1 aliphatic heterocycles. The highest BCUT2D eigenvalue weighted by atomic mass is 16.4. The molecule has 0 saturated heterocycles. The number of anilines is 1. The number of hydrogen-bond acceptors (Lipinski definition) is 3. The van der Waals surface area contributed by atoms with Crippen molar-refractivity contribution in [3.05, 3.63) is 102 Å². The molecule has 4 rings (SSSR count). The van der Waals surface area contributed by atoms with Gasteiger partial charge in [-0.25, -0.2) is 4.79 Å². The first-order valence-corrected chi connectivity index (χ1v) is 8.53. The highest BCUT2D eigenvalue weighted by Crippen LogP contribution is 2.36. The molecule has 1 atom stereocenters. The van der Waals surface area contributed by atoms with E-state index in [1.54, 1.807) is 12.1 Å². The minimum Gasteiger partial charge on any atom is -0.478 e. The maximum atomic E-state index is 11.1. The van der Waals surface area contributed by atoms with Gasteiger partial charge in [-0.15, -0.1) is 0 Å². The lowest BCUT2D eigenvalue weighted by atomic mass is 9.97. The number of aromatic carboxylic acids is 1. The minimum absolute atomic E-state index is 0.0375. The average molecular weight is 342 g/mol. The third-order valence-corrected chi connectivity index (χ3v) is 4.58. The molecule has 0 fully saturated rings. The molecule has 0 spiro atoms. The summed E-state index contributed by atoms with van der Waals surface area (Å²) in [5.41, 5.74) is 4.50. The van der Waals surface area contributed by atoms with E-state index >= 15 is 0 Å². The molecular weight excluding hydrogens is 324 g/mol. The topological polar surface area (TPSA) is 52.9 Å². The first-order valence-electron chi connectivity index (χ1n) is 8.53. The summed E-state index contributed by atoms with van der Waals surface area (Å²) in [7, 11) is 0. The van der Waals surface area contributed by atoms with Gasteiger partial charge in [0.25, 0.3) is 0 Å². The summed E-state index contributed by atoms with van der Waals surface area (Å²) < 4.78 is 0. The van der Waals surface area contributed by atoms with Gasteiger partial charge >= 0.3 is 5.97 Å². The van der Waals surface area contributed by atoms with Crippen LogP contribution < -0.4 is 5.01 Å². The average Bonchev–Trinajstić information content (AvgIpc) is 3.15. The summed E-state index contributed by atoms with van der Waals surface area (Å²) in [6.07, 6.45) is 0.769. The van der Waals surface area contributed by atoms with Gasteiger partial charge in [0.15, 0.2) is 0 Å². The molecule has 0 aliphatic carbocycles. The Balaban J connectivity index is 1.72. The number of carboxylic acids is 1. The van der Waals surface area contributed by atoms with Crippen LogP contribution in [0, 0.1) is 0 Å². The fraction of sp³-hybridized carbons (Fsp3) is 0.0909. The molecule has 1 aliphatic rings. The van der Waals surface area contributed by atoms with E-state index in [2.05, 4.69) is 12.1 Å². The Morgan fingerprint density at radius 2 is 1.50 bits per heavy atom. The Kier molecular flexibility index (Phi) is 4.23. The maximum absolute atomic E-state index is 11.1. The quantitative estimate of drug-likeness (QED) is 0.745. The van der Waals surface area contributed by atoms with E-state index in [1.807, 2.05) is 65.7 Å². The van der Waals surface area contributed by atoms with E-state index in [0.717, 1.165) is 28.9 Å². The van der Waals surface area contributed by atoms with Crippen LogP contribution in [0.4, 0.5) is 5.69 Å². The zero-order chi connectivity index (χ0) is 17.9. The Morgan fingerprint density at radius 3 is 2.12 bits per heavy atom. The molecule has 1 N–H and O–H groups in total. The number of para-hydroxylation sites is 1. The van der Waals surface area contributed by atoms with Crippen molar-refractivity contribution in [3.63, 3.8) is 0 Å². The molecule has 3 aromatic carbocycles. The first-order chi connectivity index (χ1) is 12.7. The van der Waals surface area contributed by atoms with Gasteiger partial charge in [-0.05, 0) is 35.4 Å². The van der Waals surface area contributed by atoms with Gasteiger partial charge in [0, 0.05) is 6.42 Å². The monoisotopic (exact) mass is 342 g/mol. The molecule has 4 nitrogen and oxygen atoms in total. The second kappa shape index (κ2) is 6.84. The molecule has 26 heavy (non-hydrogen) atoms. The van der Waals surface area contributed by atoms with Crippen LogP contribution in [0.3, 0.4) is 0 Å². The number of hydrogen-bond donors (Lipinski definition) is 1. The van der Waals surface area contributed by atoms with Gasteiger partial charge in [0.05, 0.1) is 23.0 Å². The normalized spacial score (nSPS) is 16.4. The van der Waals surface area contributed by atoms with Gasteiger partial charge in [-0.2, -0.15) is 5.10 Å². The van der Waals surface area contributed by atoms with Crippen LogP contribution in [0.1, 0.15) is 33.9 Å². The van der Waals surface area contributed by atoms with E-state index < -0.39 is 5.97 Å². The lowest BCUT2D eigenvalue weighted by Gasteiger charge is -2.24. The zero-order valence-corrected chi connectivity index (χ0v) is 14.1. The van der Waals surface area contributed by atoms with Gasteiger partial charge in [-0.1, -0.05) is 60.7 Å². The van der Waals surface area contributed by atoms with E-state index in [4.69, 9.17) is 10.2 Å². The zero-order valence-electron chi connectivity index (χ0n) is 14.1. The number of benzene rings is 3. The summed E-state index contributed by atoms with van der Waals surface area (Å²) in [4.78, 5) is 11.1. The molecule has 0 saturated carbocycles. The van der Waals surface area contributed by atoms with Crippen LogP contribution in [-0.4, -0.2) is 16.8 Å². The van der Waals surface area contributed by atoms with Crippen molar-refractivity contribution in [3.8, 4) is 0 Å². The number of hydrazone groups is 1. The number of carbonyl (C=O) groups is 1. The second-order valence-electron chi connectivity index (χ2n) is 6.24. The van der Waals surface area contributed by atoms with Crippen LogP contribution in [0.2, 0.25) is 0 Å². The van der Waals surface area contributed by atoms with E-state index in [0.29, 0.717) is 5.56 Å². The molecule has 3 aromatic rings. The Bertz CT molecular complexity index is 935.